The lowest BCUT2D eigenvalue weighted by molar-refractivity contribution is -0.132. The molecule has 3 aromatic carbocycles. The minimum Gasteiger partial charge on any atom is -0.334 e. The number of para-hydroxylation sites is 2. The second kappa shape index (κ2) is 7.62. The molecule has 0 aliphatic carbocycles. The topological polar surface area (TPSA) is 42.3 Å². The van der Waals surface area contributed by atoms with Crippen molar-refractivity contribution in [1.82, 2.24) is 9.47 Å². The van der Waals surface area contributed by atoms with Crippen LogP contribution in [0.2, 0.25) is 5.02 Å². The number of amides is 1. The van der Waals surface area contributed by atoms with Gasteiger partial charge in [-0.1, -0.05) is 48.0 Å². The van der Waals surface area contributed by atoms with E-state index in [0.29, 0.717) is 15.8 Å². The van der Waals surface area contributed by atoms with Crippen LogP contribution in [0.3, 0.4) is 0 Å². The van der Waals surface area contributed by atoms with Gasteiger partial charge in [0.05, 0.1) is 17.1 Å². The highest BCUT2D eigenvalue weighted by molar-refractivity contribution is 6.30. The average molecular weight is 417 g/mol. The predicted molar refractivity (Wildman–Crippen MR) is 121 cm³/mol. The molecule has 150 valence electrons. The number of rotatable bonds is 3. The van der Waals surface area contributed by atoms with Crippen molar-refractivity contribution in [2.24, 2.45) is 0 Å². The number of likely N-dealkylation sites (tertiary alicyclic amines) is 1. The maximum atomic E-state index is 13.4. The number of halogens is 1. The van der Waals surface area contributed by atoms with Crippen LogP contribution in [0.25, 0.3) is 21.8 Å². The third-order valence-electron chi connectivity index (χ3n) is 6.00. The van der Waals surface area contributed by atoms with E-state index in [9.17, 15) is 9.59 Å². The number of carbonyl (C=O) groups is 1. The molecule has 1 fully saturated rings. The van der Waals surface area contributed by atoms with E-state index >= 15 is 0 Å². The van der Waals surface area contributed by atoms with Crippen molar-refractivity contribution in [2.45, 2.75) is 25.4 Å². The summed E-state index contributed by atoms with van der Waals surface area (Å²) in [5.41, 5.74) is 2.69. The van der Waals surface area contributed by atoms with Crippen LogP contribution in [0.5, 0.6) is 0 Å². The largest absolute Gasteiger partial charge is 0.334 e. The quantitative estimate of drug-likeness (QED) is 0.432. The van der Waals surface area contributed by atoms with Gasteiger partial charge in [-0.05, 0) is 54.8 Å². The normalized spacial score (nSPS) is 16.4. The van der Waals surface area contributed by atoms with Gasteiger partial charge in [-0.15, -0.1) is 0 Å². The van der Waals surface area contributed by atoms with Crippen LogP contribution in [0.15, 0.2) is 77.6 Å². The molecule has 5 heteroatoms. The monoisotopic (exact) mass is 416 g/mol. The number of fused-ring (bicyclic) bond motifs is 2. The van der Waals surface area contributed by atoms with E-state index in [1.165, 1.54) is 0 Å². The molecule has 4 aromatic rings. The molecule has 1 amide bonds. The van der Waals surface area contributed by atoms with Crippen molar-refractivity contribution in [1.29, 1.82) is 0 Å². The molecular formula is C25H21ClN2O2. The summed E-state index contributed by atoms with van der Waals surface area (Å²) >= 11 is 6.04. The number of nitrogens with zero attached hydrogens (tertiary/aromatic N) is 2. The van der Waals surface area contributed by atoms with Gasteiger partial charge in [0, 0.05) is 22.3 Å². The molecule has 30 heavy (non-hydrogen) atoms. The molecule has 0 radical (unpaired) electrons. The molecule has 0 N–H and O–H groups in total. The van der Waals surface area contributed by atoms with E-state index < -0.39 is 0 Å². The molecule has 1 aromatic heterocycles. The Balaban J connectivity index is 1.56. The Morgan fingerprint density at radius 3 is 2.13 bits per heavy atom. The van der Waals surface area contributed by atoms with Crippen molar-refractivity contribution in [3.05, 3.63) is 93.6 Å². The summed E-state index contributed by atoms with van der Waals surface area (Å²) in [5, 5.41) is 1.97. The summed E-state index contributed by atoms with van der Waals surface area (Å²) in [7, 11) is 0. The van der Waals surface area contributed by atoms with E-state index in [4.69, 9.17) is 11.6 Å². The molecule has 0 bridgehead atoms. The van der Waals surface area contributed by atoms with Gasteiger partial charge in [0.2, 0.25) is 5.91 Å². The Bertz CT molecular complexity index is 1250. The fourth-order valence-electron chi connectivity index (χ4n) is 4.57. The number of benzene rings is 3. The smallest absolute Gasteiger partial charge is 0.243 e. The number of hydrogen-bond donors (Lipinski definition) is 0. The zero-order valence-corrected chi connectivity index (χ0v) is 17.2. The lowest BCUT2D eigenvalue weighted by Gasteiger charge is -2.26. The lowest BCUT2D eigenvalue weighted by atomic mass is 10.0. The van der Waals surface area contributed by atoms with Gasteiger partial charge in [-0.2, -0.15) is 0 Å². The van der Waals surface area contributed by atoms with E-state index in [1.807, 2.05) is 82.3 Å². The Hall–Kier alpha value is -3.11. The third kappa shape index (κ3) is 3.17. The summed E-state index contributed by atoms with van der Waals surface area (Å²) in [6.45, 7) is 0.938. The third-order valence-corrected chi connectivity index (χ3v) is 6.25. The molecule has 1 aliphatic heterocycles. The van der Waals surface area contributed by atoms with Crippen molar-refractivity contribution < 1.29 is 4.79 Å². The summed E-state index contributed by atoms with van der Waals surface area (Å²) in [5.74, 6) is 0.0615. The summed E-state index contributed by atoms with van der Waals surface area (Å²) < 4.78 is 1.98. The Morgan fingerprint density at radius 2 is 1.50 bits per heavy atom. The van der Waals surface area contributed by atoms with Gasteiger partial charge in [0.1, 0.15) is 6.54 Å². The first-order chi connectivity index (χ1) is 14.6. The first kappa shape index (κ1) is 18.9. The molecule has 1 atom stereocenters. The standard InChI is InChI=1S/C25H21ClN2O2/c26-18-13-11-17(12-14-18)21-10-5-15-27(21)24(29)16-28-22-8-3-1-6-19(22)25(30)20-7-2-4-9-23(20)28/h1-4,6-9,11-14,21H,5,10,15-16H2/t21-/m0/s1. The number of pyridine rings is 1. The highest BCUT2D eigenvalue weighted by Crippen LogP contribution is 2.33. The van der Waals surface area contributed by atoms with Crippen LogP contribution in [0.1, 0.15) is 24.4 Å². The molecule has 1 saturated heterocycles. The second-order valence-electron chi connectivity index (χ2n) is 7.75. The molecule has 2 heterocycles. The fourth-order valence-corrected chi connectivity index (χ4v) is 4.70. The maximum Gasteiger partial charge on any atom is 0.243 e. The fraction of sp³-hybridized carbons (Fsp3) is 0.200. The average Bonchev–Trinajstić information content (AvgIpc) is 3.27. The van der Waals surface area contributed by atoms with Crippen LogP contribution >= 0.6 is 11.6 Å². The van der Waals surface area contributed by atoms with E-state index in [0.717, 1.165) is 36.0 Å². The highest BCUT2D eigenvalue weighted by atomic mass is 35.5. The van der Waals surface area contributed by atoms with Gasteiger partial charge in [-0.25, -0.2) is 0 Å². The Kier molecular flexibility index (Phi) is 4.80. The molecular weight excluding hydrogens is 396 g/mol. The SMILES string of the molecule is O=C(Cn1c2ccccc2c(=O)c2ccccc21)N1CCC[C@H]1c1ccc(Cl)cc1. The van der Waals surface area contributed by atoms with Crippen molar-refractivity contribution in [3.8, 4) is 0 Å². The van der Waals surface area contributed by atoms with Crippen LogP contribution < -0.4 is 5.43 Å². The number of aromatic nitrogens is 1. The molecule has 0 unspecified atom stereocenters. The van der Waals surface area contributed by atoms with Gasteiger partial charge in [-0.3, -0.25) is 9.59 Å². The van der Waals surface area contributed by atoms with Crippen LogP contribution in [-0.2, 0) is 11.3 Å². The minimum atomic E-state index is 0.00473. The van der Waals surface area contributed by atoms with E-state index in [-0.39, 0.29) is 23.9 Å². The van der Waals surface area contributed by atoms with Crippen LogP contribution in [0.4, 0.5) is 0 Å². The molecule has 1 aliphatic rings. The van der Waals surface area contributed by atoms with Gasteiger partial charge in [0.25, 0.3) is 0 Å². The molecule has 0 spiro atoms. The number of carbonyl (C=O) groups excluding carboxylic acids is 1. The first-order valence-corrected chi connectivity index (χ1v) is 10.6. The second-order valence-corrected chi connectivity index (χ2v) is 8.18. The van der Waals surface area contributed by atoms with Crippen LogP contribution in [-0.4, -0.2) is 21.9 Å². The van der Waals surface area contributed by atoms with Crippen molar-refractivity contribution in [2.75, 3.05) is 6.54 Å². The summed E-state index contributed by atoms with van der Waals surface area (Å²) in [6, 6.07) is 22.8. The van der Waals surface area contributed by atoms with Crippen molar-refractivity contribution in [3.63, 3.8) is 0 Å². The van der Waals surface area contributed by atoms with E-state index in [2.05, 4.69) is 0 Å². The van der Waals surface area contributed by atoms with Crippen molar-refractivity contribution >= 4 is 39.3 Å². The number of hydrogen-bond acceptors (Lipinski definition) is 2. The van der Waals surface area contributed by atoms with Gasteiger partial charge in [0.15, 0.2) is 5.43 Å². The highest BCUT2D eigenvalue weighted by Gasteiger charge is 2.30. The molecule has 5 rings (SSSR count). The summed E-state index contributed by atoms with van der Waals surface area (Å²) in [6.07, 6.45) is 1.92. The maximum absolute atomic E-state index is 13.4. The Morgan fingerprint density at radius 1 is 0.900 bits per heavy atom. The zero-order valence-electron chi connectivity index (χ0n) is 16.4. The van der Waals surface area contributed by atoms with Gasteiger partial charge >= 0.3 is 0 Å². The molecule has 4 nitrogen and oxygen atoms in total. The summed E-state index contributed by atoms with van der Waals surface area (Å²) in [4.78, 5) is 28.3. The van der Waals surface area contributed by atoms with Crippen LogP contribution in [0, 0.1) is 0 Å². The van der Waals surface area contributed by atoms with E-state index in [1.54, 1.807) is 0 Å². The Labute approximate surface area is 179 Å². The minimum absolute atomic E-state index is 0.00473. The predicted octanol–water partition coefficient (Wildman–Crippen LogP) is 5.17. The zero-order chi connectivity index (χ0) is 20.7. The molecule has 0 saturated carbocycles. The first-order valence-electron chi connectivity index (χ1n) is 10.2. The van der Waals surface area contributed by atoms with Gasteiger partial charge < -0.3 is 9.47 Å². The lowest BCUT2D eigenvalue weighted by Crippen LogP contribution is -2.34.